The first-order valence-corrected chi connectivity index (χ1v) is 8.22. The molecule has 0 aromatic heterocycles. The number of amides is 1. The number of hydrogen-bond acceptors (Lipinski definition) is 5. The number of ketones is 1. The van der Waals surface area contributed by atoms with E-state index in [1.54, 1.807) is 46.8 Å². The number of nitrogens with one attached hydrogen (secondary N) is 2. The first kappa shape index (κ1) is 20.8. The Morgan fingerprint density at radius 3 is 2.20 bits per heavy atom. The molecular formula is C19H28N2O4. The number of anilines is 1. The van der Waals surface area contributed by atoms with E-state index in [0.717, 1.165) is 5.56 Å². The van der Waals surface area contributed by atoms with Crippen LogP contribution in [0, 0.1) is 6.92 Å². The normalized spacial score (nSPS) is 11.8. The molecule has 0 aliphatic carbocycles. The Kier molecular flexibility index (Phi) is 6.48. The highest BCUT2D eigenvalue weighted by atomic mass is 16.6. The van der Waals surface area contributed by atoms with Gasteiger partial charge in [-0.05, 0) is 53.2 Å². The summed E-state index contributed by atoms with van der Waals surface area (Å²) in [6, 6.07) is 5.25. The molecule has 138 valence electrons. The van der Waals surface area contributed by atoms with E-state index in [4.69, 9.17) is 4.74 Å². The summed E-state index contributed by atoms with van der Waals surface area (Å²) in [6.45, 7) is 11.9. The van der Waals surface area contributed by atoms with Gasteiger partial charge in [0.05, 0.1) is 17.8 Å². The van der Waals surface area contributed by atoms with Crippen LogP contribution in [0.3, 0.4) is 0 Å². The molecule has 1 rings (SSSR count). The molecule has 1 amide bonds. The van der Waals surface area contributed by atoms with Crippen molar-refractivity contribution in [1.82, 2.24) is 5.32 Å². The molecule has 1 aromatic rings. The van der Waals surface area contributed by atoms with E-state index in [0.29, 0.717) is 11.3 Å². The highest BCUT2D eigenvalue weighted by Gasteiger charge is 2.31. The molecular weight excluding hydrogens is 320 g/mol. The van der Waals surface area contributed by atoms with Crippen molar-refractivity contribution in [2.24, 2.45) is 0 Å². The molecule has 0 bridgehead atoms. The SMILES string of the molecule is CC(=O)Nc1c(C)cccc1C(=O)C(C)(C)NCC(=O)OC(C)(C)C. The fourth-order valence-corrected chi connectivity index (χ4v) is 2.29. The molecule has 0 saturated heterocycles. The van der Waals surface area contributed by atoms with Gasteiger partial charge in [-0.3, -0.25) is 19.7 Å². The predicted octanol–water partition coefficient (Wildman–Crippen LogP) is 2.85. The number of para-hydroxylation sites is 1. The minimum Gasteiger partial charge on any atom is -0.459 e. The maximum atomic E-state index is 13.0. The van der Waals surface area contributed by atoms with Gasteiger partial charge in [-0.1, -0.05) is 12.1 Å². The lowest BCUT2D eigenvalue weighted by Crippen LogP contribution is -2.49. The van der Waals surface area contributed by atoms with Crippen LogP contribution in [0.5, 0.6) is 0 Å². The number of ether oxygens (including phenoxy) is 1. The number of benzene rings is 1. The van der Waals surface area contributed by atoms with Crippen LogP contribution in [0.2, 0.25) is 0 Å². The van der Waals surface area contributed by atoms with Crippen LogP contribution in [0.1, 0.15) is 57.5 Å². The third kappa shape index (κ3) is 6.31. The van der Waals surface area contributed by atoms with Gasteiger partial charge in [0, 0.05) is 12.5 Å². The molecule has 0 heterocycles. The van der Waals surface area contributed by atoms with Gasteiger partial charge in [-0.15, -0.1) is 0 Å². The summed E-state index contributed by atoms with van der Waals surface area (Å²) in [4.78, 5) is 36.3. The molecule has 1 aromatic carbocycles. The lowest BCUT2D eigenvalue weighted by Gasteiger charge is -2.27. The highest BCUT2D eigenvalue weighted by molar-refractivity contribution is 6.09. The van der Waals surface area contributed by atoms with E-state index in [-0.39, 0.29) is 18.2 Å². The summed E-state index contributed by atoms with van der Waals surface area (Å²) >= 11 is 0. The third-order valence-electron chi connectivity index (χ3n) is 3.48. The zero-order valence-corrected chi connectivity index (χ0v) is 16.1. The average Bonchev–Trinajstić information content (AvgIpc) is 2.44. The van der Waals surface area contributed by atoms with Crippen molar-refractivity contribution in [1.29, 1.82) is 0 Å². The molecule has 0 unspecified atom stereocenters. The van der Waals surface area contributed by atoms with E-state index in [9.17, 15) is 14.4 Å². The topological polar surface area (TPSA) is 84.5 Å². The first-order chi connectivity index (χ1) is 11.3. The Balaban J connectivity index is 2.96. The van der Waals surface area contributed by atoms with E-state index in [1.807, 2.05) is 13.0 Å². The molecule has 0 fully saturated rings. The van der Waals surface area contributed by atoms with Gasteiger partial charge in [-0.2, -0.15) is 0 Å². The number of aryl methyl sites for hydroxylation is 1. The number of carbonyl (C=O) groups is 3. The third-order valence-corrected chi connectivity index (χ3v) is 3.48. The number of hydrogen-bond donors (Lipinski definition) is 2. The molecule has 0 aliphatic heterocycles. The maximum absolute atomic E-state index is 13.0. The van der Waals surface area contributed by atoms with E-state index >= 15 is 0 Å². The molecule has 6 heteroatoms. The second-order valence-corrected chi connectivity index (χ2v) is 7.57. The van der Waals surface area contributed by atoms with Gasteiger partial charge in [0.25, 0.3) is 0 Å². The largest absolute Gasteiger partial charge is 0.459 e. The van der Waals surface area contributed by atoms with Gasteiger partial charge in [0.1, 0.15) is 5.60 Å². The Morgan fingerprint density at radius 2 is 1.68 bits per heavy atom. The van der Waals surface area contributed by atoms with Crippen molar-refractivity contribution in [3.8, 4) is 0 Å². The van der Waals surface area contributed by atoms with Gasteiger partial charge >= 0.3 is 5.97 Å². The van der Waals surface area contributed by atoms with Crippen molar-refractivity contribution in [3.05, 3.63) is 29.3 Å². The zero-order valence-electron chi connectivity index (χ0n) is 16.1. The second kappa shape index (κ2) is 7.78. The molecule has 0 atom stereocenters. The highest BCUT2D eigenvalue weighted by Crippen LogP contribution is 2.25. The molecule has 0 saturated carbocycles. The van der Waals surface area contributed by atoms with E-state index in [2.05, 4.69) is 10.6 Å². The predicted molar refractivity (Wildman–Crippen MR) is 97.7 cm³/mol. The van der Waals surface area contributed by atoms with Gasteiger partial charge < -0.3 is 10.1 Å². The van der Waals surface area contributed by atoms with Crippen LogP contribution < -0.4 is 10.6 Å². The molecule has 25 heavy (non-hydrogen) atoms. The van der Waals surface area contributed by atoms with Crippen molar-refractivity contribution in [2.75, 3.05) is 11.9 Å². The number of Topliss-reactive ketones (excluding diaryl/α,β-unsaturated/α-hetero) is 1. The number of rotatable bonds is 6. The summed E-state index contributed by atoms with van der Waals surface area (Å²) in [6.07, 6.45) is 0. The van der Waals surface area contributed by atoms with Crippen LogP contribution >= 0.6 is 0 Å². The van der Waals surface area contributed by atoms with Gasteiger partial charge in [0.15, 0.2) is 5.78 Å². The molecule has 6 nitrogen and oxygen atoms in total. The van der Waals surface area contributed by atoms with Gasteiger partial charge in [-0.25, -0.2) is 0 Å². The van der Waals surface area contributed by atoms with Crippen LogP contribution in [0.15, 0.2) is 18.2 Å². The summed E-state index contributed by atoms with van der Waals surface area (Å²) in [5, 5.41) is 5.65. The van der Waals surface area contributed by atoms with Crippen molar-refractivity contribution in [3.63, 3.8) is 0 Å². The van der Waals surface area contributed by atoms with Crippen LogP contribution in [-0.4, -0.2) is 35.3 Å². The molecule has 0 radical (unpaired) electrons. The smallest absolute Gasteiger partial charge is 0.320 e. The maximum Gasteiger partial charge on any atom is 0.320 e. The van der Waals surface area contributed by atoms with E-state index in [1.165, 1.54) is 6.92 Å². The minimum absolute atomic E-state index is 0.0860. The lowest BCUT2D eigenvalue weighted by molar-refractivity contribution is -0.153. The Hall–Kier alpha value is -2.21. The minimum atomic E-state index is -1.00. The van der Waals surface area contributed by atoms with E-state index < -0.39 is 17.1 Å². The fourth-order valence-electron chi connectivity index (χ4n) is 2.29. The van der Waals surface area contributed by atoms with Crippen molar-refractivity contribution >= 4 is 23.3 Å². The van der Waals surface area contributed by atoms with Gasteiger partial charge in [0.2, 0.25) is 5.91 Å². The zero-order chi connectivity index (χ0) is 19.4. The molecule has 2 N–H and O–H groups in total. The summed E-state index contributed by atoms with van der Waals surface area (Å²) in [5.41, 5.74) is 0.105. The first-order valence-electron chi connectivity index (χ1n) is 8.22. The fraction of sp³-hybridized carbons (Fsp3) is 0.526. The summed E-state index contributed by atoms with van der Waals surface area (Å²) < 4.78 is 5.24. The quantitative estimate of drug-likeness (QED) is 0.610. The monoisotopic (exact) mass is 348 g/mol. The second-order valence-electron chi connectivity index (χ2n) is 7.57. The van der Waals surface area contributed by atoms with Crippen LogP contribution in [-0.2, 0) is 14.3 Å². The Morgan fingerprint density at radius 1 is 1.08 bits per heavy atom. The Bertz CT molecular complexity index is 672. The molecule has 0 spiro atoms. The number of carbonyl (C=O) groups excluding carboxylic acids is 3. The number of esters is 1. The Labute approximate surface area is 149 Å². The standard InChI is InChI=1S/C19H28N2O4/c1-12-9-8-10-14(16(12)21-13(2)22)17(24)19(6,7)20-11-15(23)25-18(3,4)5/h8-10,20H,11H2,1-7H3,(H,21,22). The summed E-state index contributed by atoms with van der Waals surface area (Å²) in [5.74, 6) is -0.897. The summed E-state index contributed by atoms with van der Waals surface area (Å²) in [7, 11) is 0. The van der Waals surface area contributed by atoms with Crippen LogP contribution in [0.4, 0.5) is 5.69 Å². The van der Waals surface area contributed by atoms with Crippen molar-refractivity contribution < 1.29 is 19.1 Å². The van der Waals surface area contributed by atoms with Crippen molar-refractivity contribution in [2.45, 2.75) is 59.6 Å². The van der Waals surface area contributed by atoms with Crippen LogP contribution in [0.25, 0.3) is 0 Å². The average molecular weight is 348 g/mol. The molecule has 0 aliphatic rings. The lowest BCUT2D eigenvalue weighted by atomic mass is 9.91.